The highest BCUT2D eigenvalue weighted by atomic mass is 79.9. The van der Waals surface area contributed by atoms with Crippen molar-refractivity contribution in [2.45, 2.75) is 31.1 Å². The molecule has 0 N–H and O–H groups in total. The van der Waals surface area contributed by atoms with E-state index in [0.717, 1.165) is 19.3 Å². The van der Waals surface area contributed by atoms with Crippen molar-refractivity contribution in [3.63, 3.8) is 0 Å². The lowest BCUT2D eigenvalue weighted by atomic mass is 9.94. The van der Waals surface area contributed by atoms with Crippen molar-refractivity contribution in [1.29, 1.82) is 0 Å². The highest BCUT2D eigenvalue weighted by molar-refractivity contribution is 9.10. The van der Waals surface area contributed by atoms with Gasteiger partial charge in [0, 0.05) is 29.8 Å². The van der Waals surface area contributed by atoms with E-state index in [1.54, 1.807) is 4.90 Å². The highest BCUT2D eigenvalue weighted by Crippen LogP contribution is 2.30. The Morgan fingerprint density at radius 2 is 2.10 bits per heavy atom. The Balaban J connectivity index is 2.15. The molecule has 112 valence electrons. The summed E-state index contributed by atoms with van der Waals surface area (Å²) in [6.45, 7) is 3.47. The Morgan fingerprint density at radius 1 is 1.50 bits per heavy atom. The molecule has 2 heterocycles. The maximum absolute atomic E-state index is 12.3. The van der Waals surface area contributed by atoms with Crippen LogP contribution in [-0.2, 0) is 9.05 Å². The Hall–Kier alpha value is -0.530. The third-order valence-corrected chi connectivity index (χ3v) is 5.79. The summed E-state index contributed by atoms with van der Waals surface area (Å²) in [4.78, 5) is 13.7. The standard InChI is InChI=1S/C12H15BrClNO4S/c1-2-8-3-5-15(6-4-8)12(16)9-7-10(11(13)19-9)20(14,17)18/h7-8H,2-6H2,1H3. The number of hydrogen-bond acceptors (Lipinski definition) is 4. The topological polar surface area (TPSA) is 67.6 Å². The van der Waals surface area contributed by atoms with Crippen LogP contribution >= 0.6 is 26.6 Å². The molecule has 20 heavy (non-hydrogen) atoms. The van der Waals surface area contributed by atoms with Crippen LogP contribution in [0.1, 0.15) is 36.7 Å². The molecule has 0 radical (unpaired) electrons. The molecular weight excluding hydrogens is 370 g/mol. The van der Waals surface area contributed by atoms with E-state index in [0.29, 0.717) is 19.0 Å². The van der Waals surface area contributed by atoms with E-state index < -0.39 is 9.05 Å². The fraction of sp³-hybridized carbons (Fsp3) is 0.583. The Labute approximate surface area is 130 Å². The number of piperidine rings is 1. The van der Waals surface area contributed by atoms with Gasteiger partial charge < -0.3 is 9.32 Å². The van der Waals surface area contributed by atoms with Crippen molar-refractivity contribution in [2.75, 3.05) is 13.1 Å². The van der Waals surface area contributed by atoms with E-state index >= 15 is 0 Å². The van der Waals surface area contributed by atoms with E-state index in [1.807, 2.05) is 0 Å². The number of rotatable bonds is 3. The van der Waals surface area contributed by atoms with Gasteiger partial charge in [0.25, 0.3) is 15.0 Å². The largest absolute Gasteiger partial charge is 0.443 e. The summed E-state index contributed by atoms with van der Waals surface area (Å²) < 4.78 is 27.7. The van der Waals surface area contributed by atoms with Crippen LogP contribution in [0.5, 0.6) is 0 Å². The van der Waals surface area contributed by atoms with Crippen molar-refractivity contribution in [3.05, 3.63) is 16.5 Å². The van der Waals surface area contributed by atoms with Gasteiger partial charge in [-0.1, -0.05) is 13.3 Å². The summed E-state index contributed by atoms with van der Waals surface area (Å²) >= 11 is 2.96. The van der Waals surface area contributed by atoms with Crippen molar-refractivity contribution in [2.24, 2.45) is 5.92 Å². The molecule has 0 aromatic carbocycles. The first kappa shape index (κ1) is 15.9. The summed E-state index contributed by atoms with van der Waals surface area (Å²) in [5, 5.41) is 0. The zero-order chi connectivity index (χ0) is 14.9. The number of carbonyl (C=O) groups is 1. The lowest BCUT2D eigenvalue weighted by Gasteiger charge is -2.30. The maximum atomic E-state index is 12.3. The summed E-state index contributed by atoms with van der Waals surface area (Å²) in [6.07, 6.45) is 3.04. The van der Waals surface area contributed by atoms with Crippen LogP contribution in [0.4, 0.5) is 0 Å². The van der Waals surface area contributed by atoms with Crippen LogP contribution in [0.25, 0.3) is 0 Å². The van der Waals surface area contributed by atoms with Crippen LogP contribution in [-0.4, -0.2) is 32.3 Å². The van der Waals surface area contributed by atoms with Crippen LogP contribution in [0.3, 0.4) is 0 Å². The first-order valence-electron chi connectivity index (χ1n) is 6.36. The summed E-state index contributed by atoms with van der Waals surface area (Å²) in [6, 6.07) is 1.17. The fourth-order valence-electron chi connectivity index (χ4n) is 2.32. The van der Waals surface area contributed by atoms with Gasteiger partial charge in [-0.05, 0) is 34.7 Å². The predicted octanol–water partition coefficient (Wildman–Crippen LogP) is 3.23. The molecule has 0 saturated carbocycles. The minimum absolute atomic E-state index is 0.00829. The number of halogens is 2. The molecule has 1 fully saturated rings. The SMILES string of the molecule is CCC1CCN(C(=O)c2cc(S(=O)(=O)Cl)c(Br)o2)CC1. The van der Waals surface area contributed by atoms with E-state index in [-0.39, 0.29) is 21.2 Å². The Bertz CT molecular complexity index is 605. The van der Waals surface area contributed by atoms with Gasteiger partial charge in [-0.2, -0.15) is 0 Å². The van der Waals surface area contributed by atoms with Gasteiger partial charge in [-0.15, -0.1) is 0 Å². The molecule has 1 aromatic rings. The molecule has 1 saturated heterocycles. The molecule has 8 heteroatoms. The minimum atomic E-state index is -3.93. The van der Waals surface area contributed by atoms with E-state index in [9.17, 15) is 13.2 Å². The molecule has 0 spiro atoms. The Kier molecular flexibility index (Phi) is 4.81. The smallest absolute Gasteiger partial charge is 0.289 e. The number of likely N-dealkylation sites (tertiary alicyclic amines) is 1. The zero-order valence-corrected chi connectivity index (χ0v) is 14.1. The number of amides is 1. The minimum Gasteiger partial charge on any atom is -0.443 e. The van der Waals surface area contributed by atoms with Gasteiger partial charge in [-0.25, -0.2) is 8.42 Å². The second-order valence-corrected chi connectivity index (χ2v) is 8.08. The second-order valence-electron chi connectivity index (χ2n) is 4.83. The van der Waals surface area contributed by atoms with Crippen LogP contribution in [0, 0.1) is 5.92 Å². The van der Waals surface area contributed by atoms with E-state index in [4.69, 9.17) is 15.1 Å². The van der Waals surface area contributed by atoms with E-state index in [1.165, 1.54) is 6.07 Å². The predicted molar refractivity (Wildman–Crippen MR) is 78.4 cm³/mol. The Morgan fingerprint density at radius 3 is 2.55 bits per heavy atom. The summed E-state index contributed by atoms with van der Waals surface area (Å²) in [5.41, 5.74) is 0. The molecule has 2 rings (SSSR count). The highest BCUT2D eigenvalue weighted by Gasteiger charge is 2.28. The number of carbonyl (C=O) groups excluding carboxylic acids is 1. The van der Waals surface area contributed by atoms with Crippen LogP contribution in [0.2, 0.25) is 0 Å². The van der Waals surface area contributed by atoms with Crippen molar-refractivity contribution in [3.8, 4) is 0 Å². The summed E-state index contributed by atoms with van der Waals surface area (Å²) in [7, 11) is 1.33. The molecule has 1 aromatic heterocycles. The molecule has 0 bridgehead atoms. The third kappa shape index (κ3) is 3.38. The number of nitrogens with zero attached hydrogens (tertiary/aromatic N) is 1. The number of hydrogen-bond donors (Lipinski definition) is 0. The quantitative estimate of drug-likeness (QED) is 0.750. The average Bonchev–Trinajstić information content (AvgIpc) is 2.80. The van der Waals surface area contributed by atoms with Crippen molar-refractivity contribution in [1.82, 2.24) is 4.90 Å². The lowest BCUT2D eigenvalue weighted by molar-refractivity contribution is 0.0655. The second kappa shape index (κ2) is 6.07. The van der Waals surface area contributed by atoms with Gasteiger partial charge >= 0.3 is 0 Å². The van der Waals surface area contributed by atoms with Gasteiger partial charge in [0.1, 0.15) is 4.90 Å². The first-order valence-corrected chi connectivity index (χ1v) is 9.46. The lowest BCUT2D eigenvalue weighted by Crippen LogP contribution is -2.38. The fourth-order valence-corrected chi connectivity index (χ4v) is 4.36. The molecule has 1 aliphatic heterocycles. The molecule has 1 amide bonds. The van der Waals surface area contributed by atoms with Gasteiger partial charge in [0.15, 0.2) is 10.4 Å². The zero-order valence-electron chi connectivity index (χ0n) is 10.9. The normalized spacial score (nSPS) is 17.4. The van der Waals surface area contributed by atoms with Crippen LogP contribution in [0.15, 0.2) is 20.0 Å². The van der Waals surface area contributed by atoms with Crippen molar-refractivity contribution < 1.29 is 17.6 Å². The van der Waals surface area contributed by atoms with Gasteiger partial charge in [0.2, 0.25) is 0 Å². The molecule has 0 unspecified atom stereocenters. The number of furan rings is 1. The molecular formula is C12H15BrClNO4S. The van der Waals surface area contributed by atoms with Gasteiger partial charge in [0.05, 0.1) is 0 Å². The molecule has 0 atom stereocenters. The van der Waals surface area contributed by atoms with Gasteiger partial charge in [-0.3, -0.25) is 4.79 Å². The molecule has 0 aliphatic carbocycles. The van der Waals surface area contributed by atoms with E-state index in [2.05, 4.69) is 22.9 Å². The maximum Gasteiger partial charge on any atom is 0.289 e. The molecule has 1 aliphatic rings. The molecule has 5 nitrogen and oxygen atoms in total. The third-order valence-electron chi connectivity index (χ3n) is 3.61. The van der Waals surface area contributed by atoms with Crippen LogP contribution < -0.4 is 0 Å². The average molecular weight is 385 g/mol. The monoisotopic (exact) mass is 383 g/mol. The van der Waals surface area contributed by atoms with Crippen molar-refractivity contribution >= 4 is 41.6 Å². The first-order chi connectivity index (χ1) is 9.32. The summed E-state index contributed by atoms with van der Waals surface area (Å²) in [5.74, 6) is 0.346.